The van der Waals surface area contributed by atoms with Gasteiger partial charge in [-0.2, -0.15) is 0 Å². The van der Waals surface area contributed by atoms with Crippen LogP contribution in [0, 0.1) is 0 Å². The molecule has 25 heavy (non-hydrogen) atoms. The molecule has 6 nitrogen and oxygen atoms in total. The van der Waals surface area contributed by atoms with Gasteiger partial charge in [-0.25, -0.2) is 9.97 Å². The zero-order chi connectivity index (χ0) is 17.2. The quantitative estimate of drug-likeness (QED) is 0.570. The number of imidazole rings is 1. The lowest BCUT2D eigenvalue weighted by atomic mass is 10.2. The summed E-state index contributed by atoms with van der Waals surface area (Å²) in [5.41, 5.74) is 1.30. The summed E-state index contributed by atoms with van der Waals surface area (Å²) in [6.45, 7) is 0.288. The van der Waals surface area contributed by atoms with Gasteiger partial charge in [0.1, 0.15) is 17.2 Å². The highest BCUT2D eigenvalue weighted by atomic mass is 79.9. The predicted molar refractivity (Wildman–Crippen MR) is 96.0 cm³/mol. The van der Waals surface area contributed by atoms with E-state index in [1.54, 1.807) is 29.1 Å². The van der Waals surface area contributed by atoms with Crippen LogP contribution in [0.5, 0.6) is 0 Å². The number of rotatable bonds is 4. The maximum atomic E-state index is 12.2. The van der Waals surface area contributed by atoms with Crippen molar-refractivity contribution in [2.24, 2.45) is 0 Å². The van der Waals surface area contributed by atoms with Crippen molar-refractivity contribution in [1.29, 1.82) is 0 Å². The average Bonchev–Trinajstić information content (AvgIpc) is 3.27. The summed E-state index contributed by atoms with van der Waals surface area (Å²) in [7, 11) is 0. The van der Waals surface area contributed by atoms with Gasteiger partial charge in [0.25, 0.3) is 5.91 Å². The lowest BCUT2D eigenvalue weighted by Crippen LogP contribution is -2.22. The number of aromatic nitrogens is 3. The standard InChI is InChI=1S/C18H13BrN4O2/c19-13-4-2-12(3-5-13)16-7-6-14(25-16)10-21-17(24)15-11-23-9-1-8-20-18(23)22-15/h1-9,11H,10H2,(H,21,24). The van der Waals surface area contributed by atoms with Gasteiger partial charge in [0.2, 0.25) is 5.78 Å². The molecule has 0 saturated carbocycles. The number of carbonyl (C=O) groups is 1. The normalized spacial score (nSPS) is 10.9. The Morgan fingerprint density at radius 2 is 2.04 bits per heavy atom. The summed E-state index contributed by atoms with van der Waals surface area (Å²) in [6.07, 6.45) is 5.08. The molecule has 0 aliphatic carbocycles. The lowest BCUT2D eigenvalue weighted by molar-refractivity contribution is 0.0943. The van der Waals surface area contributed by atoms with Crippen LogP contribution in [0.4, 0.5) is 0 Å². The van der Waals surface area contributed by atoms with E-state index in [9.17, 15) is 4.79 Å². The number of carbonyl (C=O) groups excluding carboxylic acids is 1. The fourth-order valence-corrected chi connectivity index (χ4v) is 2.70. The summed E-state index contributed by atoms with van der Waals surface area (Å²) < 4.78 is 8.50. The number of halogens is 1. The van der Waals surface area contributed by atoms with E-state index in [2.05, 4.69) is 31.2 Å². The molecule has 0 fully saturated rings. The highest BCUT2D eigenvalue weighted by Gasteiger charge is 2.12. The summed E-state index contributed by atoms with van der Waals surface area (Å²) in [4.78, 5) is 20.5. The minimum Gasteiger partial charge on any atom is -0.459 e. The second-order valence-electron chi connectivity index (χ2n) is 5.41. The number of hydrogen-bond donors (Lipinski definition) is 1. The van der Waals surface area contributed by atoms with Crippen molar-refractivity contribution in [1.82, 2.24) is 19.7 Å². The van der Waals surface area contributed by atoms with Crippen LogP contribution in [-0.4, -0.2) is 20.3 Å². The molecule has 1 aromatic carbocycles. The number of nitrogens with zero attached hydrogens (tertiary/aromatic N) is 3. The van der Waals surface area contributed by atoms with Crippen LogP contribution in [0.3, 0.4) is 0 Å². The van der Waals surface area contributed by atoms with Crippen molar-refractivity contribution >= 4 is 27.6 Å². The summed E-state index contributed by atoms with van der Waals surface area (Å²) in [5.74, 6) is 1.65. The molecule has 7 heteroatoms. The number of furan rings is 1. The molecular weight excluding hydrogens is 384 g/mol. The van der Waals surface area contributed by atoms with Gasteiger partial charge < -0.3 is 9.73 Å². The molecule has 4 rings (SSSR count). The van der Waals surface area contributed by atoms with Crippen molar-refractivity contribution in [2.45, 2.75) is 6.54 Å². The Kier molecular flexibility index (Phi) is 4.07. The average molecular weight is 397 g/mol. The maximum Gasteiger partial charge on any atom is 0.271 e. The zero-order valence-electron chi connectivity index (χ0n) is 13.0. The minimum atomic E-state index is -0.271. The van der Waals surface area contributed by atoms with Crippen LogP contribution in [0.1, 0.15) is 16.2 Å². The number of fused-ring (bicyclic) bond motifs is 1. The Labute approximate surface area is 151 Å². The first-order chi connectivity index (χ1) is 12.2. The largest absolute Gasteiger partial charge is 0.459 e. The Hall–Kier alpha value is -2.93. The molecular formula is C18H13BrN4O2. The first-order valence-corrected chi connectivity index (χ1v) is 8.41. The molecule has 4 aromatic rings. The molecule has 124 valence electrons. The van der Waals surface area contributed by atoms with Crippen molar-refractivity contribution < 1.29 is 9.21 Å². The Morgan fingerprint density at radius 3 is 2.84 bits per heavy atom. The molecule has 0 aliphatic heterocycles. The van der Waals surface area contributed by atoms with Gasteiger partial charge in [-0.15, -0.1) is 0 Å². The Balaban J connectivity index is 1.44. The van der Waals surface area contributed by atoms with E-state index in [0.717, 1.165) is 15.8 Å². The van der Waals surface area contributed by atoms with Crippen LogP contribution in [0.15, 0.2) is 69.9 Å². The fourth-order valence-electron chi connectivity index (χ4n) is 2.44. The molecule has 0 saturated heterocycles. The maximum absolute atomic E-state index is 12.2. The molecule has 1 N–H and O–H groups in total. The Morgan fingerprint density at radius 1 is 1.20 bits per heavy atom. The van der Waals surface area contributed by atoms with E-state index in [4.69, 9.17) is 4.42 Å². The van der Waals surface area contributed by atoms with Gasteiger partial charge in [-0.3, -0.25) is 9.20 Å². The molecule has 0 spiro atoms. The van der Waals surface area contributed by atoms with Crippen LogP contribution >= 0.6 is 15.9 Å². The Bertz CT molecular complexity index is 1000. The number of nitrogens with one attached hydrogen (secondary N) is 1. The molecule has 0 atom stereocenters. The van der Waals surface area contributed by atoms with Gasteiger partial charge in [0, 0.05) is 28.6 Å². The van der Waals surface area contributed by atoms with E-state index in [1.807, 2.05) is 36.4 Å². The van der Waals surface area contributed by atoms with Gasteiger partial charge in [0.05, 0.1) is 6.54 Å². The van der Waals surface area contributed by atoms with E-state index in [-0.39, 0.29) is 12.5 Å². The van der Waals surface area contributed by atoms with Gasteiger partial charge >= 0.3 is 0 Å². The topological polar surface area (TPSA) is 72.4 Å². The van der Waals surface area contributed by atoms with E-state index in [1.165, 1.54) is 0 Å². The van der Waals surface area contributed by atoms with Crippen LogP contribution in [0.2, 0.25) is 0 Å². The van der Waals surface area contributed by atoms with Crippen molar-refractivity contribution in [3.8, 4) is 11.3 Å². The third-order valence-corrected chi connectivity index (χ3v) is 4.21. The molecule has 3 aromatic heterocycles. The lowest BCUT2D eigenvalue weighted by Gasteiger charge is -2.01. The first kappa shape index (κ1) is 15.6. The fraction of sp³-hybridized carbons (Fsp3) is 0.0556. The number of amides is 1. The molecule has 3 heterocycles. The van der Waals surface area contributed by atoms with Gasteiger partial charge in [0.15, 0.2) is 0 Å². The molecule has 0 aliphatic rings. The number of benzene rings is 1. The highest BCUT2D eigenvalue weighted by Crippen LogP contribution is 2.23. The third-order valence-electron chi connectivity index (χ3n) is 3.68. The third kappa shape index (κ3) is 3.32. The SMILES string of the molecule is O=C(NCc1ccc(-c2ccc(Br)cc2)o1)c1cn2cccnc2n1. The monoisotopic (exact) mass is 396 g/mol. The summed E-state index contributed by atoms with van der Waals surface area (Å²) >= 11 is 3.41. The van der Waals surface area contributed by atoms with Crippen molar-refractivity contribution in [3.05, 3.63) is 77.0 Å². The van der Waals surface area contributed by atoms with E-state index >= 15 is 0 Å². The van der Waals surface area contributed by atoms with Gasteiger partial charge in [-0.1, -0.05) is 28.1 Å². The van der Waals surface area contributed by atoms with E-state index < -0.39 is 0 Å². The number of hydrogen-bond acceptors (Lipinski definition) is 4. The molecule has 0 radical (unpaired) electrons. The van der Waals surface area contributed by atoms with Crippen LogP contribution < -0.4 is 5.32 Å². The highest BCUT2D eigenvalue weighted by molar-refractivity contribution is 9.10. The van der Waals surface area contributed by atoms with Crippen LogP contribution in [-0.2, 0) is 6.54 Å². The van der Waals surface area contributed by atoms with Crippen LogP contribution in [0.25, 0.3) is 17.1 Å². The molecule has 0 unspecified atom stereocenters. The first-order valence-electron chi connectivity index (χ1n) is 7.61. The second kappa shape index (κ2) is 6.52. The van der Waals surface area contributed by atoms with E-state index in [0.29, 0.717) is 17.2 Å². The van der Waals surface area contributed by atoms with Crippen molar-refractivity contribution in [2.75, 3.05) is 0 Å². The zero-order valence-corrected chi connectivity index (χ0v) is 14.6. The summed E-state index contributed by atoms with van der Waals surface area (Å²) in [5, 5.41) is 2.81. The molecule has 0 bridgehead atoms. The molecule has 1 amide bonds. The predicted octanol–water partition coefficient (Wildman–Crippen LogP) is 3.68. The summed E-state index contributed by atoms with van der Waals surface area (Å²) in [6, 6.07) is 13.4. The minimum absolute atomic E-state index is 0.271. The smallest absolute Gasteiger partial charge is 0.271 e. The van der Waals surface area contributed by atoms with Gasteiger partial charge in [-0.05, 0) is 30.3 Å². The second-order valence-corrected chi connectivity index (χ2v) is 6.32. The van der Waals surface area contributed by atoms with Crippen molar-refractivity contribution in [3.63, 3.8) is 0 Å².